The highest BCUT2D eigenvalue weighted by molar-refractivity contribution is 7.89. The third-order valence-corrected chi connectivity index (χ3v) is 6.24. The Bertz CT molecular complexity index is 714. The molecule has 1 aromatic rings. The van der Waals surface area contributed by atoms with E-state index in [1.54, 1.807) is 19.1 Å². The number of nitrogens with zero attached hydrogens (tertiary/aromatic N) is 1. The van der Waals surface area contributed by atoms with Gasteiger partial charge in [-0.1, -0.05) is 12.1 Å². The summed E-state index contributed by atoms with van der Waals surface area (Å²) in [6.45, 7) is 3.53. The predicted octanol–water partition coefficient (Wildman–Crippen LogP) is 1.20. The smallest absolute Gasteiger partial charge is 0.307 e. The van der Waals surface area contributed by atoms with Crippen molar-refractivity contribution >= 4 is 21.9 Å². The molecule has 0 spiro atoms. The van der Waals surface area contributed by atoms with E-state index in [0.717, 1.165) is 5.56 Å². The maximum atomic E-state index is 12.8. The molecule has 0 aromatic heterocycles. The highest BCUT2D eigenvalue weighted by Gasteiger charge is 2.37. The zero-order chi connectivity index (χ0) is 17.9. The highest BCUT2D eigenvalue weighted by Crippen LogP contribution is 2.28. The molecule has 1 heterocycles. The van der Waals surface area contributed by atoms with Crippen molar-refractivity contribution in [2.24, 2.45) is 5.92 Å². The first-order valence-electron chi connectivity index (χ1n) is 7.80. The van der Waals surface area contributed by atoms with Crippen LogP contribution in [0.3, 0.4) is 0 Å². The Balaban J connectivity index is 2.19. The minimum Gasteiger partial charge on any atom is -0.481 e. The second kappa shape index (κ2) is 7.31. The van der Waals surface area contributed by atoms with Crippen molar-refractivity contribution in [3.63, 3.8) is 0 Å². The summed E-state index contributed by atoms with van der Waals surface area (Å²) >= 11 is 0. The number of sulfonamides is 1. The molecule has 1 amide bonds. The summed E-state index contributed by atoms with van der Waals surface area (Å²) in [4.78, 5) is 22.2. The normalized spacial score (nSPS) is 22.1. The molecule has 0 bridgehead atoms. The zero-order valence-corrected chi connectivity index (χ0v) is 14.5. The number of amides is 1. The molecule has 24 heavy (non-hydrogen) atoms. The summed E-state index contributed by atoms with van der Waals surface area (Å²) in [7, 11) is -3.74. The van der Waals surface area contributed by atoms with Gasteiger partial charge in [0.05, 0.1) is 10.8 Å². The van der Waals surface area contributed by atoms with Crippen LogP contribution in [0.25, 0.3) is 0 Å². The molecule has 2 unspecified atom stereocenters. The fraction of sp³-hybridized carbons (Fsp3) is 0.500. The average molecular weight is 354 g/mol. The molecule has 2 N–H and O–H groups in total. The van der Waals surface area contributed by atoms with Gasteiger partial charge in [0.1, 0.15) is 0 Å². The third kappa shape index (κ3) is 4.12. The highest BCUT2D eigenvalue weighted by atomic mass is 32.2. The molecule has 1 aromatic carbocycles. The molecule has 0 saturated carbocycles. The molecule has 0 aliphatic carbocycles. The number of rotatable bonds is 5. The zero-order valence-electron chi connectivity index (χ0n) is 13.7. The first kappa shape index (κ1) is 18.4. The fourth-order valence-corrected chi connectivity index (χ4v) is 4.46. The van der Waals surface area contributed by atoms with E-state index in [9.17, 15) is 18.0 Å². The monoisotopic (exact) mass is 354 g/mol. The van der Waals surface area contributed by atoms with Crippen molar-refractivity contribution in [3.8, 4) is 0 Å². The maximum absolute atomic E-state index is 12.8. The topological polar surface area (TPSA) is 104 Å². The van der Waals surface area contributed by atoms with Crippen molar-refractivity contribution < 1.29 is 23.1 Å². The van der Waals surface area contributed by atoms with Crippen LogP contribution < -0.4 is 5.32 Å². The van der Waals surface area contributed by atoms with Crippen molar-refractivity contribution in [1.29, 1.82) is 0 Å². The van der Waals surface area contributed by atoms with Crippen LogP contribution >= 0.6 is 0 Å². The summed E-state index contributed by atoms with van der Waals surface area (Å²) in [6.07, 6.45) is 1.01. The first-order chi connectivity index (χ1) is 11.2. The summed E-state index contributed by atoms with van der Waals surface area (Å²) in [5.41, 5.74) is 0.791. The van der Waals surface area contributed by atoms with Crippen molar-refractivity contribution in [1.82, 2.24) is 9.62 Å². The lowest BCUT2D eigenvalue weighted by molar-refractivity contribution is -0.143. The van der Waals surface area contributed by atoms with Crippen LogP contribution in [-0.4, -0.2) is 42.3 Å². The van der Waals surface area contributed by atoms with E-state index < -0.39 is 21.9 Å². The van der Waals surface area contributed by atoms with Crippen LogP contribution in [0, 0.1) is 5.92 Å². The number of carboxylic acids is 1. The Morgan fingerprint density at radius 1 is 1.25 bits per heavy atom. The van der Waals surface area contributed by atoms with Gasteiger partial charge in [0.15, 0.2) is 0 Å². The predicted molar refractivity (Wildman–Crippen MR) is 87.7 cm³/mol. The van der Waals surface area contributed by atoms with Gasteiger partial charge in [-0.25, -0.2) is 8.42 Å². The van der Waals surface area contributed by atoms with E-state index in [1.807, 2.05) is 0 Å². The Morgan fingerprint density at radius 3 is 2.42 bits per heavy atom. The number of piperidine rings is 1. The molecule has 1 aliphatic heterocycles. The lowest BCUT2D eigenvalue weighted by atomic mass is 9.96. The molecule has 1 saturated heterocycles. The molecule has 1 aliphatic rings. The number of nitrogens with one attached hydrogen (secondary N) is 1. The number of carboxylic acid groups (broad SMARTS) is 1. The van der Waals surface area contributed by atoms with Crippen LogP contribution in [0.2, 0.25) is 0 Å². The second-order valence-electron chi connectivity index (χ2n) is 6.09. The van der Waals surface area contributed by atoms with E-state index in [-0.39, 0.29) is 23.4 Å². The van der Waals surface area contributed by atoms with Crippen molar-refractivity contribution in [2.45, 2.75) is 44.2 Å². The SMILES string of the molecule is CC(=O)NCc1ccc(S(=O)(=O)N2CC(C(=O)O)CCC2C)cc1. The lowest BCUT2D eigenvalue weighted by Crippen LogP contribution is -2.47. The Labute approximate surface area is 141 Å². The number of carbonyl (C=O) groups is 2. The molecular formula is C16H22N2O5S. The molecular weight excluding hydrogens is 332 g/mol. The van der Waals surface area contributed by atoms with Gasteiger partial charge >= 0.3 is 5.97 Å². The van der Waals surface area contributed by atoms with Gasteiger partial charge in [-0.05, 0) is 37.5 Å². The minimum atomic E-state index is -3.74. The Hall–Kier alpha value is -1.93. The largest absolute Gasteiger partial charge is 0.481 e. The molecule has 8 heteroatoms. The van der Waals surface area contributed by atoms with Crippen molar-refractivity contribution in [3.05, 3.63) is 29.8 Å². The van der Waals surface area contributed by atoms with Crippen molar-refractivity contribution in [2.75, 3.05) is 6.54 Å². The van der Waals surface area contributed by atoms with E-state index in [1.165, 1.54) is 23.4 Å². The van der Waals surface area contributed by atoms with Crippen LogP contribution in [0.1, 0.15) is 32.3 Å². The van der Waals surface area contributed by atoms with E-state index in [4.69, 9.17) is 5.11 Å². The maximum Gasteiger partial charge on any atom is 0.307 e. The number of aliphatic carboxylic acids is 1. The number of hydrogen-bond donors (Lipinski definition) is 2. The molecule has 2 atom stereocenters. The second-order valence-corrected chi connectivity index (χ2v) is 7.98. The van der Waals surface area contributed by atoms with Gasteiger partial charge in [0.25, 0.3) is 0 Å². The molecule has 132 valence electrons. The third-order valence-electron chi connectivity index (χ3n) is 4.25. The summed E-state index contributed by atoms with van der Waals surface area (Å²) in [6, 6.07) is 6.04. The van der Waals surface area contributed by atoms with Gasteiger partial charge in [-0.15, -0.1) is 0 Å². The standard InChI is InChI=1S/C16H22N2O5S/c1-11-3-6-14(16(20)21)10-18(11)24(22,23)15-7-4-13(5-8-15)9-17-12(2)19/h4-5,7-8,11,14H,3,6,9-10H2,1-2H3,(H,17,19)(H,20,21). The summed E-state index contributed by atoms with van der Waals surface area (Å²) in [5, 5.41) is 11.8. The van der Waals surface area contributed by atoms with Gasteiger partial charge < -0.3 is 10.4 Å². The molecule has 0 radical (unpaired) electrons. The van der Waals surface area contributed by atoms with Gasteiger partial charge in [-0.2, -0.15) is 4.31 Å². The molecule has 7 nitrogen and oxygen atoms in total. The summed E-state index contributed by atoms with van der Waals surface area (Å²) < 4.78 is 26.9. The van der Waals surface area contributed by atoms with Crippen LogP contribution in [0.5, 0.6) is 0 Å². The van der Waals surface area contributed by atoms with Crippen LogP contribution in [0.15, 0.2) is 29.2 Å². The lowest BCUT2D eigenvalue weighted by Gasteiger charge is -2.35. The van der Waals surface area contributed by atoms with Crippen LogP contribution in [0.4, 0.5) is 0 Å². The van der Waals surface area contributed by atoms with Crippen LogP contribution in [-0.2, 0) is 26.2 Å². The van der Waals surface area contributed by atoms with Gasteiger partial charge in [0, 0.05) is 26.1 Å². The molecule has 1 fully saturated rings. The Kier molecular flexibility index (Phi) is 5.61. The first-order valence-corrected chi connectivity index (χ1v) is 9.24. The molecule has 2 rings (SSSR count). The van der Waals surface area contributed by atoms with Gasteiger partial charge in [0.2, 0.25) is 15.9 Å². The van der Waals surface area contributed by atoms with E-state index in [2.05, 4.69) is 5.32 Å². The summed E-state index contributed by atoms with van der Waals surface area (Å²) in [5.74, 6) is -1.80. The average Bonchev–Trinajstić information content (AvgIpc) is 2.53. The Morgan fingerprint density at radius 2 is 1.88 bits per heavy atom. The number of hydrogen-bond acceptors (Lipinski definition) is 4. The number of benzene rings is 1. The fourth-order valence-electron chi connectivity index (χ4n) is 2.75. The minimum absolute atomic E-state index is 0.00746. The number of carbonyl (C=O) groups excluding carboxylic acids is 1. The van der Waals surface area contributed by atoms with Gasteiger partial charge in [-0.3, -0.25) is 9.59 Å². The quantitative estimate of drug-likeness (QED) is 0.827. The van der Waals surface area contributed by atoms with E-state index >= 15 is 0 Å². The van der Waals surface area contributed by atoms with E-state index in [0.29, 0.717) is 19.4 Å².